The van der Waals surface area contributed by atoms with Gasteiger partial charge >= 0.3 is 5.97 Å². The molecular weight excluding hydrogens is 370 g/mol. The van der Waals surface area contributed by atoms with Crippen LogP contribution in [-0.4, -0.2) is 32.6 Å². The quantitative estimate of drug-likeness (QED) is 0.642. The van der Waals surface area contributed by atoms with Gasteiger partial charge in [0.25, 0.3) is 5.56 Å². The van der Waals surface area contributed by atoms with Crippen LogP contribution >= 0.6 is 0 Å². The summed E-state index contributed by atoms with van der Waals surface area (Å²) in [7, 11) is 0. The van der Waals surface area contributed by atoms with Crippen LogP contribution in [0.25, 0.3) is 10.9 Å². The van der Waals surface area contributed by atoms with E-state index in [2.05, 4.69) is 10.3 Å². The van der Waals surface area contributed by atoms with Crippen LogP contribution in [0.4, 0.5) is 0 Å². The zero-order valence-corrected chi connectivity index (χ0v) is 16.3. The van der Waals surface area contributed by atoms with Crippen molar-refractivity contribution in [2.45, 2.75) is 32.4 Å². The van der Waals surface area contributed by atoms with Crippen molar-refractivity contribution in [1.82, 2.24) is 14.9 Å². The number of hydrogen-bond donors (Lipinski definition) is 2. The molecular formula is C22H23N3O4. The summed E-state index contributed by atoms with van der Waals surface area (Å²) in [6.07, 6.45) is 1.50. The predicted molar refractivity (Wildman–Crippen MR) is 110 cm³/mol. The number of benzene rings is 2. The molecule has 7 heteroatoms. The van der Waals surface area contributed by atoms with E-state index in [0.717, 1.165) is 5.56 Å². The maximum atomic E-state index is 13.0. The Hall–Kier alpha value is -3.48. The van der Waals surface area contributed by atoms with Crippen molar-refractivity contribution in [3.05, 3.63) is 76.8 Å². The summed E-state index contributed by atoms with van der Waals surface area (Å²) in [6.45, 7) is 3.61. The van der Waals surface area contributed by atoms with Gasteiger partial charge in [-0.2, -0.15) is 0 Å². The Bertz CT molecular complexity index is 1080. The molecule has 150 valence electrons. The Morgan fingerprint density at radius 1 is 1.07 bits per heavy atom. The van der Waals surface area contributed by atoms with E-state index in [1.54, 1.807) is 50.2 Å². The van der Waals surface area contributed by atoms with E-state index in [1.807, 2.05) is 18.2 Å². The number of nitrogens with one attached hydrogen (secondary N) is 1. The van der Waals surface area contributed by atoms with Gasteiger partial charge in [0.1, 0.15) is 12.1 Å². The highest BCUT2D eigenvalue weighted by molar-refractivity contribution is 5.86. The van der Waals surface area contributed by atoms with Crippen molar-refractivity contribution in [3.8, 4) is 0 Å². The fraction of sp³-hybridized carbons (Fsp3) is 0.273. The van der Waals surface area contributed by atoms with Gasteiger partial charge in [-0.05, 0) is 23.6 Å². The number of amides is 1. The molecule has 0 spiro atoms. The lowest BCUT2D eigenvalue weighted by molar-refractivity contribution is -0.142. The van der Waals surface area contributed by atoms with E-state index >= 15 is 0 Å². The summed E-state index contributed by atoms with van der Waals surface area (Å²) in [5.41, 5.74) is 1.01. The van der Waals surface area contributed by atoms with Gasteiger partial charge in [-0.1, -0.05) is 56.3 Å². The molecule has 7 nitrogen and oxygen atoms in total. The number of rotatable bonds is 7. The zero-order valence-electron chi connectivity index (χ0n) is 16.3. The Morgan fingerprint density at radius 3 is 2.38 bits per heavy atom. The van der Waals surface area contributed by atoms with E-state index in [-0.39, 0.29) is 17.9 Å². The SMILES string of the molecule is CC(C)C(C(=O)NC(Cc1ccccc1)C(=O)O)n1cnc2ccccc2c1=O. The van der Waals surface area contributed by atoms with Crippen LogP contribution in [0.15, 0.2) is 65.7 Å². The number of carboxylic acid groups (broad SMARTS) is 1. The molecule has 0 saturated carbocycles. The summed E-state index contributed by atoms with van der Waals surface area (Å²) in [5, 5.41) is 12.6. The lowest BCUT2D eigenvalue weighted by atomic mass is 10.0. The zero-order chi connectivity index (χ0) is 21.0. The van der Waals surface area contributed by atoms with Crippen LogP contribution in [0.3, 0.4) is 0 Å². The van der Waals surface area contributed by atoms with E-state index in [4.69, 9.17) is 0 Å². The third-order valence-electron chi connectivity index (χ3n) is 4.79. The van der Waals surface area contributed by atoms with Gasteiger partial charge in [-0.3, -0.25) is 14.2 Å². The number of para-hydroxylation sites is 1. The largest absolute Gasteiger partial charge is 0.480 e. The number of hydrogen-bond acceptors (Lipinski definition) is 4. The lowest BCUT2D eigenvalue weighted by Gasteiger charge is -2.25. The molecule has 1 heterocycles. The average molecular weight is 393 g/mol. The van der Waals surface area contributed by atoms with Crippen molar-refractivity contribution in [2.75, 3.05) is 0 Å². The molecule has 2 unspecified atom stereocenters. The monoisotopic (exact) mass is 393 g/mol. The van der Waals surface area contributed by atoms with Gasteiger partial charge < -0.3 is 10.4 Å². The number of carbonyl (C=O) groups excluding carboxylic acids is 1. The molecule has 3 aromatic rings. The standard InChI is InChI=1S/C22H23N3O4/c1-14(2)19(25-13-23-17-11-7-6-10-16(17)21(25)27)20(26)24-18(22(28)29)12-15-8-4-3-5-9-15/h3-11,13-14,18-19H,12H2,1-2H3,(H,24,26)(H,28,29). The van der Waals surface area contributed by atoms with Crippen LogP contribution in [0.5, 0.6) is 0 Å². The summed E-state index contributed by atoms with van der Waals surface area (Å²) in [4.78, 5) is 41.9. The Balaban J connectivity index is 1.90. The molecule has 3 rings (SSSR count). The van der Waals surface area contributed by atoms with Crippen LogP contribution in [0.2, 0.25) is 0 Å². The second-order valence-corrected chi connectivity index (χ2v) is 7.25. The molecule has 0 aliphatic heterocycles. The minimum absolute atomic E-state index is 0.150. The van der Waals surface area contributed by atoms with Gasteiger partial charge in [-0.25, -0.2) is 9.78 Å². The second kappa shape index (κ2) is 8.68. The normalized spacial score (nSPS) is 13.2. The van der Waals surface area contributed by atoms with E-state index in [1.165, 1.54) is 10.9 Å². The number of aliphatic carboxylic acids is 1. The highest BCUT2D eigenvalue weighted by Gasteiger charge is 2.30. The maximum absolute atomic E-state index is 13.0. The molecule has 0 radical (unpaired) electrons. The van der Waals surface area contributed by atoms with E-state index < -0.39 is 24.0 Å². The van der Waals surface area contributed by atoms with Crippen molar-refractivity contribution in [1.29, 1.82) is 0 Å². The molecule has 29 heavy (non-hydrogen) atoms. The molecule has 2 N–H and O–H groups in total. The number of aromatic nitrogens is 2. The lowest BCUT2D eigenvalue weighted by Crippen LogP contribution is -2.48. The Kier molecular flexibility index (Phi) is 6.07. The fourth-order valence-corrected chi connectivity index (χ4v) is 3.34. The number of nitrogens with zero attached hydrogens (tertiary/aromatic N) is 2. The first-order valence-corrected chi connectivity index (χ1v) is 9.41. The van der Waals surface area contributed by atoms with Gasteiger partial charge in [-0.15, -0.1) is 0 Å². The minimum atomic E-state index is -1.13. The molecule has 1 aromatic heterocycles. The molecule has 0 bridgehead atoms. The highest BCUT2D eigenvalue weighted by Crippen LogP contribution is 2.18. The first-order chi connectivity index (χ1) is 13.9. The third-order valence-corrected chi connectivity index (χ3v) is 4.79. The third kappa shape index (κ3) is 4.51. The smallest absolute Gasteiger partial charge is 0.326 e. The van der Waals surface area contributed by atoms with E-state index in [9.17, 15) is 19.5 Å². The Labute approximate surface area is 168 Å². The molecule has 0 aliphatic carbocycles. The first-order valence-electron chi connectivity index (χ1n) is 9.41. The fourth-order valence-electron chi connectivity index (χ4n) is 3.34. The molecule has 2 atom stereocenters. The topological polar surface area (TPSA) is 101 Å². The van der Waals surface area contributed by atoms with Crippen LogP contribution in [0, 0.1) is 5.92 Å². The van der Waals surface area contributed by atoms with Crippen molar-refractivity contribution in [2.24, 2.45) is 5.92 Å². The summed E-state index contributed by atoms with van der Waals surface area (Å²) in [6, 6.07) is 14.0. The summed E-state index contributed by atoms with van der Waals surface area (Å²) >= 11 is 0. The van der Waals surface area contributed by atoms with Gasteiger partial charge in [0.05, 0.1) is 17.2 Å². The number of carbonyl (C=O) groups is 2. The van der Waals surface area contributed by atoms with Crippen molar-refractivity contribution >= 4 is 22.8 Å². The predicted octanol–water partition coefficient (Wildman–Crippen LogP) is 2.41. The average Bonchev–Trinajstić information content (AvgIpc) is 2.70. The van der Waals surface area contributed by atoms with Crippen LogP contribution in [0.1, 0.15) is 25.5 Å². The van der Waals surface area contributed by atoms with Crippen molar-refractivity contribution < 1.29 is 14.7 Å². The summed E-state index contributed by atoms with van der Waals surface area (Å²) < 4.78 is 1.28. The van der Waals surface area contributed by atoms with Gasteiger partial charge in [0.2, 0.25) is 5.91 Å². The second-order valence-electron chi connectivity index (χ2n) is 7.25. The summed E-state index contributed by atoms with van der Waals surface area (Å²) in [5.74, 6) is -1.90. The van der Waals surface area contributed by atoms with Crippen molar-refractivity contribution in [3.63, 3.8) is 0 Å². The molecule has 0 aliphatic rings. The number of fused-ring (bicyclic) bond motifs is 1. The molecule has 2 aromatic carbocycles. The van der Waals surface area contributed by atoms with Crippen LogP contribution in [-0.2, 0) is 16.0 Å². The first kappa shape index (κ1) is 20.3. The molecule has 1 amide bonds. The molecule has 0 saturated heterocycles. The molecule has 0 fully saturated rings. The van der Waals surface area contributed by atoms with E-state index in [0.29, 0.717) is 10.9 Å². The minimum Gasteiger partial charge on any atom is -0.480 e. The van der Waals surface area contributed by atoms with Gasteiger partial charge in [0.15, 0.2) is 0 Å². The van der Waals surface area contributed by atoms with Gasteiger partial charge in [0, 0.05) is 6.42 Å². The Morgan fingerprint density at radius 2 is 1.72 bits per heavy atom. The maximum Gasteiger partial charge on any atom is 0.326 e. The number of carboxylic acids is 1. The van der Waals surface area contributed by atoms with Crippen LogP contribution < -0.4 is 10.9 Å². The highest BCUT2D eigenvalue weighted by atomic mass is 16.4.